The number of ether oxygens (including phenoxy) is 1. The van der Waals surface area contributed by atoms with E-state index in [-0.39, 0.29) is 11.7 Å². The molecule has 0 saturated heterocycles. The lowest BCUT2D eigenvalue weighted by molar-refractivity contribution is -0.385. The van der Waals surface area contributed by atoms with E-state index in [1.54, 1.807) is 12.1 Å². The van der Waals surface area contributed by atoms with Gasteiger partial charge < -0.3 is 10.5 Å². The number of rotatable bonds is 7. The maximum Gasteiger partial charge on any atom is 0.311 e. The van der Waals surface area contributed by atoms with Gasteiger partial charge in [-0.1, -0.05) is 13.0 Å². The fourth-order valence-electron chi connectivity index (χ4n) is 1.59. The van der Waals surface area contributed by atoms with Crippen molar-refractivity contribution in [3.05, 3.63) is 33.9 Å². The Morgan fingerprint density at radius 1 is 1.50 bits per heavy atom. The standard InChI is InChI=1S/C13H20N2O3/c1-3-8-18-13-7-6-11(5-4-10(2)14)9-12(13)15(16)17/h6-7,9-10H,3-5,8,14H2,1-2H3. The highest BCUT2D eigenvalue weighted by atomic mass is 16.6. The van der Waals surface area contributed by atoms with E-state index in [4.69, 9.17) is 10.5 Å². The highest BCUT2D eigenvalue weighted by molar-refractivity contribution is 5.48. The summed E-state index contributed by atoms with van der Waals surface area (Å²) in [6.07, 6.45) is 2.38. The Kier molecular flexibility index (Phi) is 5.58. The molecule has 0 aromatic heterocycles. The quantitative estimate of drug-likeness (QED) is 0.597. The smallest absolute Gasteiger partial charge is 0.311 e. The van der Waals surface area contributed by atoms with Crippen LogP contribution >= 0.6 is 0 Å². The van der Waals surface area contributed by atoms with Crippen LogP contribution in [0.1, 0.15) is 32.3 Å². The lowest BCUT2D eigenvalue weighted by atomic mass is 10.1. The van der Waals surface area contributed by atoms with Crippen molar-refractivity contribution in [3.63, 3.8) is 0 Å². The summed E-state index contributed by atoms with van der Waals surface area (Å²) in [5.41, 5.74) is 6.63. The molecule has 0 amide bonds. The largest absolute Gasteiger partial charge is 0.487 e. The monoisotopic (exact) mass is 252 g/mol. The molecule has 5 heteroatoms. The van der Waals surface area contributed by atoms with Crippen LogP contribution in [0.2, 0.25) is 0 Å². The molecule has 1 rings (SSSR count). The van der Waals surface area contributed by atoms with Gasteiger partial charge in [0.05, 0.1) is 11.5 Å². The van der Waals surface area contributed by atoms with E-state index < -0.39 is 4.92 Å². The van der Waals surface area contributed by atoms with Gasteiger partial charge in [-0.25, -0.2) is 0 Å². The number of benzene rings is 1. The molecule has 1 aromatic carbocycles. The van der Waals surface area contributed by atoms with E-state index in [1.165, 1.54) is 0 Å². The summed E-state index contributed by atoms with van der Waals surface area (Å²) in [6, 6.07) is 5.21. The van der Waals surface area contributed by atoms with E-state index in [2.05, 4.69) is 0 Å². The third kappa shape index (κ3) is 4.33. The van der Waals surface area contributed by atoms with Crippen LogP contribution in [0, 0.1) is 10.1 Å². The van der Waals surface area contributed by atoms with Crippen molar-refractivity contribution in [3.8, 4) is 5.75 Å². The Balaban J connectivity index is 2.85. The number of hydrogen-bond donors (Lipinski definition) is 1. The van der Waals surface area contributed by atoms with Crippen molar-refractivity contribution in [1.29, 1.82) is 0 Å². The summed E-state index contributed by atoms with van der Waals surface area (Å²) < 4.78 is 5.36. The summed E-state index contributed by atoms with van der Waals surface area (Å²) in [5, 5.41) is 11.0. The Labute approximate surface area is 107 Å². The Hall–Kier alpha value is -1.62. The maximum absolute atomic E-state index is 11.0. The van der Waals surface area contributed by atoms with E-state index in [0.29, 0.717) is 12.4 Å². The molecule has 5 nitrogen and oxygen atoms in total. The number of aryl methyl sites for hydroxylation is 1. The molecule has 0 aliphatic heterocycles. The molecule has 0 bridgehead atoms. The van der Waals surface area contributed by atoms with Crippen molar-refractivity contribution < 1.29 is 9.66 Å². The van der Waals surface area contributed by atoms with Crippen molar-refractivity contribution in [2.45, 2.75) is 39.2 Å². The van der Waals surface area contributed by atoms with E-state index in [9.17, 15) is 10.1 Å². The van der Waals surface area contributed by atoms with E-state index in [0.717, 1.165) is 24.8 Å². The van der Waals surface area contributed by atoms with Crippen molar-refractivity contribution >= 4 is 5.69 Å². The fourth-order valence-corrected chi connectivity index (χ4v) is 1.59. The topological polar surface area (TPSA) is 78.4 Å². The average Bonchev–Trinajstić information content (AvgIpc) is 2.34. The van der Waals surface area contributed by atoms with Gasteiger partial charge >= 0.3 is 5.69 Å². The molecule has 2 N–H and O–H groups in total. The van der Waals surface area contributed by atoms with Crippen LogP contribution in [0.15, 0.2) is 18.2 Å². The molecule has 0 fully saturated rings. The Bertz CT molecular complexity index is 405. The van der Waals surface area contributed by atoms with Crippen LogP contribution in [0.3, 0.4) is 0 Å². The number of nitro benzene ring substituents is 1. The van der Waals surface area contributed by atoms with Crippen LogP contribution in [0.4, 0.5) is 5.69 Å². The van der Waals surface area contributed by atoms with Gasteiger partial charge in [0, 0.05) is 12.1 Å². The predicted molar refractivity (Wildman–Crippen MR) is 70.9 cm³/mol. The van der Waals surface area contributed by atoms with Crippen molar-refractivity contribution in [2.75, 3.05) is 6.61 Å². The SMILES string of the molecule is CCCOc1ccc(CCC(C)N)cc1[N+](=O)[O-]. The van der Waals surface area contributed by atoms with Crippen LogP contribution in [-0.2, 0) is 6.42 Å². The first kappa shape index (κ1) is 14.4. The van der Waals surface area contributed by atoms with Crippen LogP contribution in [0.5, 0.6) is 5.75 Å². The average molecular weight is 252 g/mol. The van der Waals surface area contributed by atoms with Crippen molar-refractivity contribution in [1.82, 2.24) is 0 Å². The molecule has 0 saturated carbocycles. The molecule has 0 aliphatic carbocycles. The molecule has 1 atom stereocenters. The zero-order valence-corrected chi connectivity index (χ0v) is 10.9. The Morgan fingerprint density at radius 2 is 2.22 bits per heavy atom. The van der Waals surface area contributed by atoms with Gasteiger partial charge in [0.25, 0.3) is 0 Å². The van der Waals surface area contributed by atoms with E-state index in [1.807, 2.05) is 19.9 Å². The predicted octanol–water partition coefficient (Wildman–Crippen LogP) is 2.66. The summed E-state index contributed by atoms with van der Waals surface area (Å²) in [4.78, 5) is 10.6. The molecule has 0 spiro atoms. The van der Waals surface area contributed by atoms with E-state index >= 15 is 0 Å². The lowest BCUT2D eigenvalue weighted by Crippen LogP contribution is -2.15. The normalized spacial score (nSPS) is 12.2. The number of nitrogens with two attached hydrogens (primary N) is 1. The highest BCUT2D eigenvalue weighted by Gasteiger charge is 2.15. The lowest BCUT2D eigenvalue weighted by Gasteiger charge is -2.08. The zero-order valence-electron chi connectivity index (χ0n) is 10.9. The second-order valence-corrected chi connectivity index (χ2v) is 4.42. The summed E-state index contributed by atoms with van der Waals surface area (Å²) in [6.45, 7) is 4.37. The minimum absolute atomic E-state index is 0.0330. The van der Waals surface area contributed by atoms with Crippen molar-refractivity contribution in [2.24, 2.45) is 5.73 Å². The first-order valence-corrected chi connectivity index (χ1v) is 6.20. The first-order chi connectivity index (χ1) is 8.54. The molecule has 1 unspecified atom stereocenters. The fraction of sp³-hybridized carbons (Fsp3) is 0.538. The Morgan fingerprint density at radius 3 is 2.78 bits per heavy atom. The second-order valence-electron chi connectivity index (χ2n) is 4.42. The first-order valence-electron chi connectivity index (χ1n) is 6.20. The number of nitro groups is 1. The molecule has 0 aliphatic rings. The third-order valence-electron chi connectivity index (χ3n) is 2.57. The molecule has 0 heterocycles. The van der Waals surface area contributed by atoms with Gasteiger partial charge in [0.2, 0.25) is 0 Å². The third-order valence-corrected chi connectivity index (χ3v) is 2.57. The van der Waals surface area contributed by atoms with Gasteiger partial charge in [0.15, 0.2) is 5.75 Å². The van der Waals surface area contributed by atoms with Crippen LogP contribution < -0.4 is 10.5 Å². The summed E-state index contributed by atoms with van der Waals surface area (Å²) >= 11 is 0. The molecule has 18 heavy (non-hydrogen) atoms. The van der Waals surface area contributed by atoms with Crippen LogP contribution in [-0.4, -0.2) is 17.6 Å². The summed E-state index contributed by atoms with van der Waals surface area (Å²) in [5.74, 6) is 0.339. The molecular weight excluding hydrogens is 232 g/mol. The molecular formula is C13H20N2O3. The highest BCUT2D eigenvalue weighted by Crippen LogP contribution is 2.28. The van der Waals surface area contributed by atoms with Gasteiger partial charge in [-0.15, -0.1) is 0 Å². The minimum atomic E-state index is -0.402. The maximum atomic E-state index is 11.0. The van der Waals surface area contributed by atoms with Crippen LogP contribution in [0.25, 0.3) is 0 Å². The zero-order chi connectivity index (χ0) is 13.5. The van der Waals surface area contributed by atoms with Gasteiger partial charge in [-0.05, 0) is 37.8 Å². The molecule has 0 radical (unpaired) electrons. The van der Waals surface area contributed by atoms with Gasteiger partial charge in [-0.2, -0.15) is 0 Å². The van der Waals surface area contributed by atoms with Gasteiger partial charge in [-0.3, -0.25) is 10.1 Å². The molecule has 1 aromatic rings. The second kappa shape index (κ2) is 6.96. The molecule has 100 valence electrons. The minimum Gasteiger partial charge on any atom is -0.487 e. The van der Waals surface area contributed by atoms with Gasteiger partial charge in [0.1, 0.15) is 0 Å². The number of nitrogens with zero attached hydrogens (tertiary/aromatic N) is 1. The number of hydrogen-bond acceptors (Lipinski definition) is 4. The summed E-state index contributed by atoms with van der Waals surface area (Å²) in [7, 11) is 0.